The van der Waals surface area contributed by atoms with Gasteiger partial charge in [-0.3, -0.25) is 4.79 Å². The topological polar surface area (TPSA) is 62.1 Å². The molecule has 0 unspecified atom stereocenters. The fourth-order valence-electron chi connectivity index (χ4n) is 2.11. The van der Waals surface area contributed by atoms with E-state index >= 15 is 0 Å². The number of carbonyl (C=O) groups is 1. The molecule has 0 aliphatic heterocycles. The SMILES string of the molecule is CNc1ccc(Oc2c(F)ccc(C)c2C#N)cc1C(C)=O. The van der Waals surface area contributed by atoms with E-state index in [0.29, 0.717) is 22.6 Å². The van der Waals surface area contributed by atoms with E-state index in [2.05, 4.69) is 5.32 Å². The van der Waals surface area contributed by atoms with Crippen LogP contribution in [0.25, 0.3) is 0 Å². The van der Waals surface area contributed by atoms with Gasteiger partial charge in [-0.05, 0) is 43.7 Å². The number of aryl methyl sites for hydroxylation is 1. The quantitative estimate of drug-likeness (QED) is 0.865. The zero-order chi connectivity index (χ0) is 16.3. The highest BCUT2D eigenvalue weighted by atomic mass is 19.1. The number of nitrogens with zero attached hydrogens (tertiary/aromatic N) is 1. The van der Waals surface area contributed by atoms with Crippen LogP contribution in [0.2, 0.25) is 0 Å². The van der Waals surface area contributed by atoms with E-state index in [1.165, 1.54) is 25.1 Å². The first-order chi connectivity index (χ1) is 10.5. The molecule has 0 saturated carbocycles. The molecule has 5 heteroatoms. The maximum Gasteiger partial charge on any atom is 0.181 e. The van der Waals surface area contributed by atoms with Crippen LogP contribution in [0.4, 0.5) is 10.1 Å². The second-order valence-corrected chi connectivity index (χ2v) is 4.80. The van der Waals surface area contributed by atoms with Crippen LogP contribution in [0.3, 0.4) is 0 Å². The van der Waals surface area contributed by atoms with Crippen LogP contribution in [-0.4, -0.2) is 12.8 Å². The summed E-state index contributed by atoms with van der Waals surface area (Å²) in [4.78, 5) is 11.7. The Morgan fingerprint density at radius 3 is 2.64 bits per heavy atom. The van der Waals surface area contributed by atoms with Crippen molar-refractivity contribution in [3.8, 4) is 17.6 Å². The molecule has 112 valence electrons. The minimum atomic E-state index is -0.621. The van der Waals surface area contributed by atoms with E-state index in [9.17, 15) is 9.18 Å². The highest BCUT2D eigenvalue weighted by molar-refractivity contribution is 6.00. The summed E-state index contributed by atoms with van der Waals surface area (Å²) in [7, 11) is 1.70. The minimum absolute atomic E-state index is 0.130. The van der Waals surface area contributed by atoms with Gasteiger partial charge in [-0.1, -0.05) is 6.07 Å². The van der Waals surface area contributed by atoms with Gasteiger partial charge in [0.15, 0.2) is 17.3 Å². The third kappa shape index (κ3) is 2.91. The normalized spacial score (nSPS) is 9.95. The summed E-state index contributed by atoms with van der Waals surface area (Å²) in [5.74, 6) is -0.594. The van der Waals surface area contributed by atoms with Crippen LogP contribution in [0.5, 0.6) is 11.5 Å². The number of Topliss-reactive ketones (excluding diaryl/α,β-unsaturated/α-hetero) is 1. The van der Waals surface area contributed by atoms with Gasteiger partial charge in [0.2, 0.25) is 0 Å². The summed E-state index contributed by atoms with van der Waals surface area (Å²) in [6.07, 6.45) is 0. The van der Waals surface area contributed by atoms with Crippen molar-refractivity contribution in [3.63, 3.8) is 0 Å². The Morgan fingerprint density at radius 1 is 1.32 bits per heavy atom. The number of benzene rings is 2. The molecule has 0 aliphatic rings. The van der Waals surface area contributed by atoms with E-state index < -0.39 is 5.82 Å². The maximum absolute atomic E-state index is 14.0. The molecule has 0 spiro atoms. The lowest BCUT2D eigenvalue weighted by molar-refractivity contribution is 0.101. The summed E-state index contributed by atoms with van der Waals surface area (Å²) in [6.45, 7) is 3.14. The monoisotopic (exact) mass is 298 g/mol. The molecule has 0 bridgehead atoms. The lowest BCUT2D eigenvalue weighted by Gasteiger charge is -2.12. The number of carbonyl (C=O) groups excluding carboxylic acids is 1. The molecular weight excluding hydrogens is 283 g/mol. The Balaban J connectivity index is 2.49. The molecule has 0 saturated heterocycles. The number of anilines is 1. The number of ketones is 1. The summed E-state index contributed by atoms with van der Waals surface area (Å²) < 4.78 is 19.5. The first-order valence-electron chi connectivity index (χ1n) is 6.67. The summed E-state index contributed by atoms with van der Waals surface area (Å²) >= 11 is 0. The van der Waals surface area contributed by atoms with Crippen LogP contribution in [0, 0.1) is 24.1 Å². The van der Waals surface area contributed by atoms with Crippen molar-refractivity contribution in [3.05, 3.63) is 52.8 Å². The maximum atomic E-state index is 14.0. The minimum Gasteiger partial charge on any atom is -0.453 e. The Morgan fingerprint density at radius 2 is 2.05 bits per heavy atom. The van der Waals surface area contributed by atoms with E-state index in [1.807, 2.05) is 6.07 Å². The highest BCUT2D eigenvalue weighted by Crippen LogP contribution is 2.32. The predicted molar refractivity (Wildman–Crippen MR) is 81.9 cm³/mol. The molecule has 0 radical (unpaired) electrons. The standard InChI is InChI=1S/C17H15FN2O2/c1-10-4-6-15(18)17(14(10)9-19)22-12-5-7-16(20-3)13(8-12)11(2)21/h4-8,20H,1-3H3. The van der Waals surface area contributed by atoms with E-state index in [-0.39, 0.29) is 17.1 Å². The van der Waals surface area contributed by atoms with Gasteiger partial charge >= 0.3 is 0 Å². The number of halogens is 1. The molecule has 4 nitrogen and oxygen atoms in total. The van der Waals surface area contributed by atoms with Gasteiger partial charge in [-0.2, -0.15) is 5.26 Å². The van der Waals surface area contributed by atoms with Crippen LogP contribution >= 0.6 is 0 Å². The van der Waals surface area contributed by atoms with Gasteiger partial charge in [0.05, 0.1) is 0 Å². The summed E-state index contributed by atoms with van der Waals surface area (Å²) in [5, 5.41) is 12.1. The number of hydrogen-bond acceptors (Lipinski definition) is 4. The van der Waals surface area contributed by atoms with E-state index in [1.54, 1.807) is 26.1 Å². The third-order valence-corrected chi connectivity index (χ3v) is 3.29. The molecule has 0 amide bonds. The van der Waals surface area contributed by atoms with Crippen LogP contribution in [-0.2, 0) is 0 Å². The zero-order valence-electron chi connectivity index (χ0n) is 12.5. The summed E-state index contributed by atoms with van der Waals surface area (Å²) in [5.41, 5.74) is 1.86. The Kier molecular flexibility index (Phi) is 4.42. The van der Waals surface area contributed by atoms with Gasteiger partial charge < -0.3 is 10.1 Å². The van der Waals surface area contributed by atoms with Crippen molar-refractivity contribution in [1.29, 1.82) is 5.26 Å². The molecule has 0 aromatic heterocycles. The van der Waals surface area contributed by atoms with Crippen LogP contribution in [0.1, 0.15) is 28.4 Å². The molecule has 2 aromatic rings. The van der Waals surface area contributed by atoms with Crippen molar-refractivity contribution in [2.45, 2.75) is 13.8 Å². The lowest BCUT2D eigenvalue weighted by atomic mass is 10.1. The molecule has 1 N–H and O–H groups in total. The van der Waals surface area contributed by atoms with E-state index in [0.717, 1.165) is 0 Å². The smallest absolute Gasteiger partial charge is 0.181 e. The van der Waals surface area contributed by atoms with E-state index in [4.69, 9.17) is 10.00 Å². The third-order valence-electron chi connectivity index (χ3n) is 3.29. The Bertz CT molecular complexity index is 779. The molecule has 22 heavy (non-hydrogen) atoms. The van der Waals surface area contributed by atoms with Gasteiger partial charge in [-0.25, -0.2) is 4.39 Å². The van der Waals surface area contributed by atoms with Gasteiger partial charge in [0, 0.05) is 18.3 Å². The van der Waals surface area contributed by atoms with Gasteiger partial charge in [-0.15, -0.1) is 0 Å². The van der Waals surface area contributed by atoms with Crippen molar-refractivity contribution < 1.29 is 13.9 Å². The number of nitrogens with one attached hydrogen (secondary N) is 1. The fraction of sp³-hybridized carbons (Fsp3) is 0.176. The first kappa shape index (κ1) is 15.5. The molecule has 0 atom stereocenters. The fourth-order valence-corrected chi connectivity index (χ4v) is 2.11. The average molecular weight is 298 g/mol. The van der Waals surface area contributed by atoms with Gasteiger partial charge in [0.1, 0.15) is 17.4 Å². The first-order valence-corrected chi connectivity index (χ1v) is 6.67. The molecule has 0 heterocycles. The zero-order valence-corrected chi connectivity index (χ0v) is 12.5. The lowest BCUT2D eigenvalue weighted by Crippen LogP contribution is -2.01. The van der Waals surface area contributed by atoms with Crippen LogP contribution in [0.15, 0.2) is 30.3 Å². The van der Waals surface area contributed by atoms with Crippen molar-refractivity contribution in [2.75, 3.05) is 12.4 Å². The highest BCUT2D eigenvalue weighted by Gasteiger charge is 2.15. The summed E-state index contributed by atoms with van der Waals surface area (Å²) in [6, 6.07) is 9.52. The molecule has 0 fully saturated rings. The van der Waals surface area contributed by atoms with Crippen molar-refractivity contribution >= 4 is 11.5 Å². The second kappa shape index (κ2) is 6.27. The predicted octanol–water partition coefficient (Wildman–Crippen LogP) is 4.04. The molecular formula is C17H15FN2O2. The molecule has 2 rings (SSSR count). The number of ether oxygens (including phenoxy) is 1. The van der Waals surface area contributed by atoms with Crippen LogP contribution < -0.4 is 10.1 Å². The van der Waals surface area contributed by atoms with Crippen molar-refractivity contribution in [1.82, 2.24) is 0 Å². The average Bonchev–Trinajstić information content (AvgIpc) is 2.51. The molecule has 0 aliphatic carbocycles. The Labute approximate surface area is 128 Å². The molecule has 2 aromatic carbocycles. The van der Waals surface area contributed by atoms with Crippen molar-refractivity contribution in [2.24, 2.45) is 0 Å². The number of hydrogen-bond donors (Lipinski definition) is 1. The Hall–Kier alpha value is -2.87. The largest absolute Gasteiger partial charge is 0.453 e. The van der Waals surface area contributed by atoms with Gasteiger partial charge in [0.25, 0.3) is 0 Å². The second-order valence-electron chi connectivity index (χ2n) is 4.80. The number of rotatable bonds is 4. The number of nitriles is 1.